The van der Waals surface area contributed by atoms with Gasteiger partial charge in [0.25, 0.3) is 0 Å². The second-order valence-electron chi connectivity index (χ2n) is 4.43. The monoisotopic (exact) mass is 181 g/mol. The molecule has 1 aliphatic heterocycles. The summed E-state index contributed by atoms with van der Waals surface area (Å²) in [6, 6.07) is 0.650. The molecule has 1 fully saturated rings. The third-order valence-electron chi connectivity index (χ3n) is 3.48. The molecule has 0 aromatic rings. The molecule has 76 valence electrons. The van der Waals surface area contributed by atoms with Crippen molar-refractivity contribution in [3.63, 3.8) is 0 Å². The lowest BCUT2D eigenvalue weighted by Crippen LogP contribution is -2.40. The second-order valence-corrected chi connectivity index (χ2v) is 4.43. The molecule has 1 heterocycles. The summed E-state index contributed by atoms with van der Waals surface area (Å²) in [7, 11) is 0. The molecule has 0 aromatic carbocycles. The van der Waals surface area contributed by atoms with Gasteiger partial charge in [0.1, 0.15) is 0 Å². The maximum atomic E-state index is 2.61. The summed E-state index contributed by atoms with van der Waals surface area (Å²) in [6.45, 7) is 11.6. The van der Waals surface area contributed by atoms with Crippen molar-refractivity contribution < 1.29 is 0 Å². The Hall–Kier alpha value is -0.300. The molecule has 0 amide bonds. The summed E-state index contributed by atoms with van der Waals surface area (Å²) in [6.07, 6.45) is 4.99. The average molecular weight is 181 g/mol. The van der Waals surface area contributed by atoms with Crippen molar-refractivity contribution in [2.24, 2.45) is 5.92 Å². The van der Waals surface area contributed by atoms with E-state index in [1.807, 2.05) is 0 Å². The van der Waals surface area contributed by atoms with E-state index in [0.717, 1.165) is 5.92 Å². The Labute approximate surface area is 82.8 Å². The molecule has 1 heteroatoms. The fourth-order valence-corrected chi connectivity index (χ4v) is 1.95. The number of allylic oxidation sites excluding steroid dienone is 1. The number of likely N-dealkylation sites (tertiary alicyclic amines) is 1. The number of hydrogen-bond donors (Lipinski definition) is 0. The number of nitrogens with zero attached hydrogens (tertiary/aromatic N) is 1. The van der Waals surface area contributed by atoms with E-state index in [1.165, 1.54) is 31.5 Å². The maximum absolute atomic E-state index is 2.61. The molecule has 1 rings (SSSR count). The molecule has 13 heavy (non-hydrogen) atoms. The van der Waals surface area contributed by atoms with Gasteiger partial charge in [0.15, 0.2) is 0 Å². The van der Waals surface area contributed by atoms with Gasteiger partial charge in [0.05, 0.1) is 0 Å². The predicted octanol–water partition coefficient (Wildman–Crippen LogP) is 3.07. The van der Waals surface area contributed by atoms with Gasteiger partial charge in [-0.2, -0.15) is 0 Å². The maximum Gasteiger partial charge on any atom is 0.0276 e. The number of rotatable bonds is 2. The SMILES string of the molecule is C/C=C(\C)C(C)N1CCC(C)CC1. The lowest BCUT2D eigenvalue weighted by Gasteiger charge is -2.35. The minimum absolute atomic E-state index is 0.650. The third kappa shape index (κ3) is 2.84. The zero-order chi connectivity index (χ0) is 9.84. The Morgan fingerprint density at radius 3 is 2.38 bits per heavy atom. The van der Waals surface area contributed by atoms with Gasteiger partial charge < -0.3 is 0 Å². The normalized spacial score (nSPS) is 24.8. The third-order valence-corrected chi connectivity index (χ3v) is 3.48. The van der Waals surface area contributed by atoms with E-state index >= 15 is 0 Å². The van der Waals surface area contributed by atoms with Crippen molar-refractivity contribution >= 4 is 0 Å². The van der Waals surface area contributed by atoms with E-state index in [4.69, 9.17) is 0 Å². The van der Waals surface area contributed by atoms with Crippen LogP contribution in [0.2, 0.25) is 0 Å². The number of piperidine rings is 1. The van der Waals surface area contributed by atoms with Crippen molar-refractivity contribution in [1.29, 1.82) is 0 Å². The lowest BCUT2D eigenvalue weighted by molar-refractivity contribution is 0.163. The first-order valence-electron chi connectivity index (χ1n) is 5.52. The molecule has 0 spiro atoms. The summed E-state index contributed by atoms with van der Waals surface area (Å²) in [5, 5.41) is 0. The van der Waals surface area contributed by atoms with Gasteiger partial charge in [-0.1, -0.05) is 18.6 Å². The Morgan fingerprint density at radius 1 is 1.38 bits per heavy atom. The summed E-state index contributed by atoms with van der Waals surface area (Å²) in [4.78, 5) is 2.61. The molecule has 1 saturated heterocycles. The highest BCUT2D eigenvalue weighted by atomic mass is 15.2. The summed E-state index contributed by atoms with van der Waals surface area (Å²) < 4.78 is 0. The molecule has 1 unspecified atom stereocenters. The van der Waals surface area contributed by atoms with Crippen molar-refractivity contribution in [1.82, 2.24) is 4.90 Å². The molecule has 0 aliphatic carbocycles. The molecule has 0 aromatic heterocycles. The average Bonchev–Trinajstić information content (AvgIpc) is 2.17. The molecule has 1 aliphatic rings. The Balaban J connectivity index is 2.44. The van der Waals surface area contributed by atoms with Gasteiger partial charge in [-0.3, -0.25) is 4.90 Å². The Kier molecular flexibility index (Phi) is 3.98. The quantitative estimate of drug-likeness (QED) is 0.592. The summed E-state index contributed by atoms with van der Waals surface area (Å²) in [5.41, 5.74) is 1.51. The highest BCUT2D eigenvalue weighted by molar-refractivity contribution is 5.05. The molecule has 0 bridgehead atoms. The molecule has 1 nitrogen and oxygen atoms in total. The minimum atomic E-state index is 0.650. The van der Waals surface area contributed by atoms with Gasteiger partial charge in [-0.25, -0.2) is 0 Å². The van der Waals surface area contributed by atoms with E-state index in [-0.39, 0.29) is 0 Å². The molecule has 0 saturated carbocycles. The second kappa shape index (κ2) is 4.80. The molecule has 0 radical (unpaired) electrons. The lowest BCUT2D eigenvalue weighted by atomic mass is 9.97. The summed E-state index contributed by atoms with van der Waals surface area (Å²) in [5.74, 6) is 0.939. The zero-order valence-corrected chi connectivity index (χ0v) is 9.51. The molecular weight excluding hydrogens is 158 g/mol. The van der Waals surface area contributed by atoms with Crippen LogP contribution in [0.5, 0.6) is 0 Å². The fourth-order valence-electron chi connectivity index (χ4n) is 1.95. The van der Waals surface area contributed by atoms with Crippen LogP contribution >= 0.6 is 0 Å². The van der Waals surface area contributed by atoms with E-state index in [2.05, 4.69) is 38.7 Å². The summed E-state index contributed by atoms with van der Waals surface area (Å²) >= 11 is 0. The Morgan fingerprint density at radius 2 is 1.92 bits per heavy atom. The van der Waals surface area contributed by atoms with Crippen LogP contribution in [-0.4, -0.2) is 24.0 Å². The largest absolute Gasteiger partial charge is 0.297 e. The smallest absolute Gasteiger partial charge is 0.0276 e. The van der Waals surface area contributed by atoms with Crippen LogP contribution in [0.4, 0.5) is 0 Å². The topological polar surface area (TPSA) is 3.24 Å². The van der Waals surface area contributed by atoms with Crippen LogP contribution < -0.4 is 0 Å². The molecule has 1 atom stereocenters. The van der Waals surface area contributed by atoms with Crippen molar-refractivity contribution in [2.45, 2.75) is 46.6 Å². The van der Waals surface area contributed by atoms with Gasteiger partial charge in [-0.15, -0.1) is 0 Å². The standard InChI is InChI=1S/C12H23N/c1-5-11(3)12(4)13-8-6-10(2)7-9-13/h5,10,12H,6-9H2,1-4H3/b11-5+. The van der Waals surface area contributed by atoms with Gasteiger partial charge >= 0.3 is 0 Å². The Bertz CT molecular complexity index is 176. The van der Waals surface area contributed by atoms with E-state index < -0.39 is 0 Å². The first kappa shape index (κ1) is 10.8. The van der Waals surface area contributed by atoms with Crippen molar-refractivity contribution in [2.75, 3.05) is 13.1 Å². The highest BCUT2D eigenvalue weighted by Gasteiger charge is 2.20. The first-order valence-corrected chi connectivity index (χ1v) is 5.52. The van der Waals surface area contributed by atoms with E-state index in [1.54, 1.807) is 0 Å². The van der Waals surface area contributed by atoms with Crippen LogP contribution in [0.1, 0.15) is 40.5 Å². The molecule has 0 N–H and O–H groups in total. The number of hydrogen-bond acceptors (Lipinski definition) is 1. The van der Waals surface area contributed by atoms with Crippen molar-refractivity contribution in [3.8, 4) is 0 Å². The van der Waals surface area contributed by atoms with E-state index in [9.17, 15) is 0 Å². The van der Waals surface area contributed by atoms with Gasteiger partial charge in [0, 0.05) is 6.04 Å². The van der Waals surface area contributed by atoms with E-state index in [0.29, 0.717) is 6.04 Å². The van der Waals surface area contributed by atoms with Crippen LogP contribution in [0.15, 0.2) is 11.6 Å². The zero-order valence-electron chi connectivity index (χ0n) is 9.51. The van der Waals surface area contributed by atoms with Crippen molar-refractivity contribution in [3.05, 3.63) is 11.6 Å². The predicted molar refractivity (Wildman–Crippen MR) is 58.9 cm³/mol. The fraction of sp³-hybridized carbons (Fsp3) is 0.833. The first-order chi connectivity index (χ1) is 6.15. The van der Waals surface area contributed by atoms with Crippen LogP contribution in [0.3, 0.4) is 0 Å². The van der Waals surface area contributed by atoms with Gasteiger partial charge in [-0.05, 0) is 52.6 Å². The highest BCUT2D eigenvalue weighted by Crippen LogP contribution is 2.20. The van der Waals surface area contributed by atoms with Crippen LogP contribution in [-0.2, 0) is 0 Å². The molecular formula is C12H23N. The van der Waals surface area contributed by atoms with Crippen LogP contribution in [0, 0.1) is 5.92 Å². The van der Waals surface area contributed by atoms with Gasteiger partial charge in [0.2, 0.25) is 0 Å². The minimum Gasteiger partial charge on any atom is -0.297 e. The van der Waals surface area contributed by atoms with Crippen LogP contribution in [0.25, 0.3) is 0 Å².